The van der Waals surface area contributed by atoms with Crippen LogP contribution in [-0.4, -0.2) is 44.5 Å². The van der Waals surface area contributed by atoms with Crippen LogP contribution in [0.25, 0.3) is 0 Å². The van der Waals surface area contributed by atoms with E-state index < -0.39 is 14.6 Å². The molecule has 1 saturated carbocycles. The summed E-state index contributed by atoms with van der Waals surface area (Å²) >= 11 is 0. The molecule has 2 N–H and O–H groups in total. The zero-order chi connectivity index (χ0) is 13.2. The van der Waals surface area contributed by atoms with Crippen LogP contribution in [0.1, 0.15) is 38.5 Å². The Morgan fingerprint density at radius 3 is 2.37 bits per heavy atom. The lowest BCUT2D eigenvalue weighted by molar-refractivity contribution is -0.124. The summed E-state index contributed by atoms with van der Waals surface area (Å²) < 4.78 is 22.8. The number of nitrogens with one attached hydrogen (secondary N) is 2. The van der Waals surface area contributed by atoms with E-state index >= 15 is 0 Å². The monoisotopic (exact) mass is 310 g/mol. The fraction of sp³-hybridized carbons (Fsp3) is 0.917. The van der Waals surface area contributed by atoms with E-state index in [4.69, 9.17) is 0 Å². The van der Waals surface area contributed by atoms with Gasteiger partial charge in [0, 0.05) is 18.8 Å². The van der Waals surface area contributed by atoms with E-state index in [1.54, 1.807) is 0 Å². The van der Waals surface area contributed by atoms with Gasteiger partial charge in [-0.3, -0.25) is 4.79 Å². The molecule has 5 nitrogen and oxygen atoms in total. The zero-order valence-corrected chi connectivity index (χ0v) is 12.9. The Morgan fingerprint density at radius 1 is 1.26 bits per heavy atom. The van der Waals surface area contributed by atoms with Crippen molar-refractivity contribution >= 4 is 28.2 Å². The number of amides is 1. The van der Waals surface area contributed by atoms with Crippen molar-refractivity contribution in [2.75, 3.05) is 19.3 Å². The average molecular weight is 311 g/mol. The average Bonchev–Trinajstić information content (AvgIpc) is 2.80. The van der Waals surface area contributed by atoms with Crippen molar-refractivity contribution in [2.45, 2.75) is 49.3 Å². The van der Waals surface area contributed by atoms with Gasteiger partial charge in [0.15, 0.2) is 9.84 Å². The van der Waals surface area contributed by atoms with Gasteiger partial charge in [0.05, 0.1) is 0 Å². The van der Waals surface area contributed by atoms with Crippen molar-refractivity contribution in [3.8, 4) is 0 Å². The third-order valence-electron chi connectivity index (χ3n) is 4.17. The lowest BCUT2D eigenvalue weighted by Crippen LogP contribution is -2.55. The normalized spacial score (nSPS) is 26.5. The molecule has 2 rings (SSSR count). The molecule has 0 bridgehead atoms. The van der Waals surface area contributed by atoms with E-state index in [1.807, 2.05) is 0 Å². The molecule has 1 heterocycles. The molecule has 7 heteroatoms. The number of rotatable bonds is 3. The molecule has 19 heavy (non-hydrogen) atoms. The molecule has 0 radical (unpaired) electrons. The van der Waals surface area contributed by atoms with E-state index in [1.165, 1.54) is 6.26 Å². The first-order valence-electron chi connectivity index (χ1n) is 6.67. The fourth-order valence-electron chi connectivity index (χ4n) is 3.00. The molecule has 1 aliphatic heterocycles. The van der Waals surface area contributed by atoms with E-state index in [0.717, 1.165) is 38.8 Å². The highest BCUT2D eigenvalue weighted by Crippen LogP contribution is 2.36. The van der Waals surface area contributed by atoms with Crippen LogP contribution in [0.4, 0.5) is 0 Å². The standard InChI is InChI=1S/C12H22N2O3S.ClH/c1-18(16,17)12(6-2-3-7-12)11(15)14-10-5-4-8-13-9-10;/h10,13H,2-9H2,1H3,(H,14,15);1H/t10-;/m0./s1. The van der Waals surface area contributed by atoms with Gasteiger partial charge in [0.25, 0.3) is 0 Å². The van der Waals surface area contributed by atoms with E-state index in [0.29, 0.717) is 12.8 Å². The van der Waals surface area contributed by atoms with Gasteiger partial charge in [-0.2, -0.15) is 0 Å². The minimum atomic E-state index is -3.35. The summed E-state index contributed by atoms with van der Waals surface area (Å²) in [7, 11) is -3.35. The number of carbonyl (C=O) groups excluding carboxylic acids is 1. The summed E-state index contributed by atoms with van der Waals surface area (Å²) in [6.07, 6.45) is 5.73. The van der Waals surface area contributed by atoms with E-state index in [9.17, 15) is 13.2 Å². The van der Waals surface area contributed by atoms with E-state index in [-0.39, 0.29) is 24.4 Å². The number of piperidine rings is 1. The maximum atomic E-state index is 12.4. The van der Waals surface area contributed by atoms with Gasteiger partial charge >= 0.3 is 0 Å². The summed E-state index contributed by atoms with van der Waals surface area (Å²) in [5.74, 6) is -0.281. The largest absolute Gasteiger partial charge is 0.351 e. The minimum Gasteiger partial charge on any atom is -0.351 e. The summed E-state index contributed by atoms with van der Waals surface area (Å²) in [6.45, 7) is 1.72. The van der Waals surface area contributed by atoms with Crippen LogP contribution in [-0.2, 0) is 14.6 Å². The number of hydrogen-bond donors (Lipinski definition) is 2. The first-order valence-corrected chi connectivity index (χ1v) is 8.56. The Labute approximate surface area is 121 Å². The third-order valence-corrected chi connectivity index (χ3v) is 6.18. The highest BCUT2D eigenvalue weighted by atomic mass is 35.5. The Hall–Kier alpha value is -0.330. The van der Waals surface area contributed by atoms with Gasteiger partial charge in [-0.25, -0.2) is 8.42 Å². The van der Waals surface area contributed by atoms with Gasteiger partial charge in [0.1, 0.15) is 4.75 Å². The van der Waals surface area contributed by atoms with Crippen molar-refractivity contribution in [3.63, 3.8) is 0 Å². The first-order chi connectivity index (χ1) is 8.46. The molecule has 1 aliphatic carbocycles. The predicted octanol–water partition coefficient (Wildman–Crippen LogP) is 0.634. The van der Waals surface area contributed by atoms with Crippen molar-refractivity contribution in [1.82, 2.24) is 10.6 Å². The maximum absolute atomic E-state index is 12.4. The zero-order valence-electron chi connectivity index (χ0n) is 11.3. The topological polar surface area (TPSA) is 75.3 Å². The van der Waals surface area contributed by atoms with Crippen molar-refractivity contribution < 1.29 is 13.2 Å². The molecular weight excluding hydrogens is 288 g/mol. The predicted molar refractivity (Wildman–Crippen MR) is 77.3 cm³/mol. The quantitative estimate of drug-likeness (QED) is 0.802. The van der Waals surface area contributed by atoms with Gasteiger partial charge in [-0.1, -0.05) is 12.8 Å². The molecule has 1 amide bonds. The number of carbonyl (C=O) groups is 1. The van der Waals surface area contributed by atoms with Crippen LogP contribution >= 0.6 is 12.4 Å². The lowest BCUT2D eigenvalue weighted by Gasteiger charge is -2.30. The Kier molecular flexibility index (Phi) is 5.65. The molecular formula is C12H23ClN2O3S. The maximum Gasteiger partial charge on any atom is 0.241 e. The van der Waals surface area contributed by atoms with Crippen LogP contribution in [0, 0.1) is 0 Å². The van der Waals surface area contributed by atoms with Crippen LogP contribution in [0.5, 0.6) is 0 Å². The second-order valence-electron chi connectivity index (χ2n) is 5.49. The number of halogens is 1. The number of sulfone groups is 1. The van der Waals surface area contributed by atoms with Gasteiger partial charge in [-0.05, 0) is 32.2 Å². The van der Waals surface area contributed by atoms with Gasteiger partial charge in [-0.15, -0.1) is 12.4 Å². The molecule has 0 spiro atoms. The van der Waals surface area contributed by atoms with E-state index in [2.05, 4.69) is 10.6 Å². The molecule has 0 aromatic heterocycles. The minimum absolute atomic E-state index is 0. The molecule has 2 aliphatic rings. The summed E-state index contributed by atoms with van der Waals surface area (Å²) in [5.41, 5.74) is 0. The highest BCUT2D eigenvalue weighted by molar-refractivity contribution is 7.92. The molecule has 0 aromatic rings. The Balaban J connectivity index is 0.00000180. The summed E-state index contributed by atoms with van der Waals surface area (Å²) in [4.78, 5) is 12.4. The van der Waals surface area contributed by atoms with Gasteiger partial charge < -0.3 is 10.6 Å². The van der Waals surface area contributed by atoms with Crippen molar-refractivity contribution in [1.29, 1.82) is 0 Å². The Morgan fingerprint density at radius 2 is 1.89 bits per heavy atom. The Bertz CT molecular complexity index is 413. The molecule has 0 aromatic carbocycles. The van der Waals surface area contributed by atoms with Crippen LogP contribution < -0.4 is 10.6 Å². The molecule has 1 atom stereocenters. The SMILES string of the molecule is CS(=O)(=O)C1(C(=O)N[C@H]2CCCNC2)CCCC1.Cl. The molecule has 1 saturated heterocycles. The van der Waals surface area contributed by atoms with Crippen LogP contribution in [0.3, 0.4) is 0 Å². The van der Waals surface area contributed by atoms with Crippen molar-refractivity contribution in [3.05, 3.63) is 0 Å². The highest BCUT2D eigenvalue weighted by Gasteiger charge is 2.50. The number of hydrogen-bond acceptors (Lipinski definition) is 4. The summed E-state index contributed by atoms with van der Waals surface area (Å²) in [6, 6.07) is 0.0745. The lowest BCUT2D eigenvalue weighted by atomic mass is 10.0. The third kappa shape index (κ3) is 3.41. The molecule has 0 unspecified atom stereocenters. The van der Waals surface area contributed by atoms with Crippen LogP contribution in [0.2, 0.25) is 0 Å². The van der Waals surface area contributed by atoms with Crippen molar-refractivity contribution in [2.24, 2.45) is 0 Å². The smallest absolute Gasteiger partial charge is 0.241 e. The molecule has 112 valence electrons. The molecule has 2 fully saturated rings. The summed E-state index contributed by atoms with van der Waals surface area (Å²) in [5, 5.41) is 6.15. The second kappa shape index (κ2) is 6.41. The van der Waals surface area contributed by atoms with Crippen LogP contribution in [0.15, 0.2) is 0 Å². The fourth-order valence-corrected chi connectivity index (χ4v) is 4.43. The second-order valence-corrected chi connectivity index (χ2v) is 7.82. The first kappa shape index (κ1) is 16.7. The van der Waals surface area contributed by atoms with Gasteiger partial charge in [0.2, 0.25) is 5.91 Å².